The molecule has 1 aromatic carbocycles. The molecule has 0 aliphatic carbocycles. The Morgan fingerprint density at radius 3 is 2.57 bits per heavy atom. The summed E-state index contributed by atoms with van der Waals surface area (Å²) >= 11 is 0. The normalized spacial score (nSPS) is 10.7. The van der Waals surface area contributed by atoms with Gasteiger partial charge in [-0.1, -0.05) is 0 Å². The van der Waals surface area contributed by atoms with E-state index in [1.54, 1.807) is 0 Å². The van der Waals surface area contributed by atoms with Crippen LogP contribution < -0.4 is 10.6 Å². The summed E-state index contributed by atoms with van der Waals surface area (Å²) in [6, 6.07) is 7.85. The van der Waals surface area contributed by atoms with Gasteiger partial charge in [-0.25, -0.2) is 0 Å². The third-order valence-corrected chi connectivity index (χ3v) is 3.17. The standard InChI is InChI=1S/C16H22N4O/c1-4-17-16(21)14-5-7-15(8-6-14)18-9-13-10-19-20(11-13)12(2)3/h5-8,10-12,18H,4,9H2,1-3H3,(H,17,21). The number of carbonyl (C=O) groups excluding carboxylic acids is 1. The molecular formula is C16H22N4O. The smallest absolute Gasteiger partial charge is 0.251 e. The number of rotatable bonds is 6. The van der Waals surface area contributed by atoms with Crippen molar-refractivity contribution in [1.29, 1.82) is 0 Å². The number of benzene rings is 1. The Hall–Kier alpha value is -2.30. The summed E-state index contributed by atoms with van der Waals surface area (Å²) in [6.45, 7) is 7.46. The SMILES string of the molecule is CCNC(=O)c1ccc(NCc2cnn(C(C)C)c2)cc1. The molecule has 1 heterocycles. The average molecular weight is 286 g/mol. The van der Waals surface area contributed by atoms with Gasteiger partial charge in [0.2, 0.25) is 0 Å². The van der Waals surface area contributed by atoms with Crippen LogP contribution in [-0.2, 0) is 6.54 Å². The van der Waals surface area contributed by atoms with E-state index in [0.29, 0.717) is 24.7 Å². The van der Waals surface area contributed by atoms with E-state index in [9.17, 15) is 4.79 Å². The highest BCUT2D eigenvalue weighted by atomic mass is 16.1. The zero-order chi connectivity index (χ0) is 15.2. The number of hydrogen-bond acceptors (Lipinski definition) is 3. The molecule has 0 saturated carbocycles. The summed E-state index contributed by atoms with van der Waals surface area (Å²) < 4.78 is 1.94. The van der Waals surface area contributed by atoms with Crippen molar-refractivity contribution in [2.45, 2.75) is 33.4 Å². The van der Waals surface area contributed by atoms with E-state index in [0.717, 1.165) is 11.3 Å². The fourth-order valence-electron chi connectivity index (χ4n) is 1.96. The first-order chi connectivity index (χ1) is 10.1. The summed E-state index contributed by atoms with van der Waals surface area (Å²) in [5.41, 5.74) is 2.80. The Bertz CT molecular complexity index is 587. The third kappa shape index (κ3) is 4.08. The molecule has 0 saturated heterocycles. The second-order valence-electron chi connectivity index (χ2n) is 5.21. The fraction of sp³-hybridized carbons (Fsp3) is 0.375. The van der Waals surface area contributed by atoms with Crippen molar-refractivity contribution in [3.8, 4) is 0 Å². The van der Waals surface area contributed by atoms with E-state index in [-0.39, 0.29) is 5.91 Å². The summed E-state index contributed by atoms with van der Waals surface area (Å²) in [6.07, 6.45) is 3.91. The molecule has 0 unspecified atom stereocenters. The molecule has 5 heteroatoms. The van der Waals surface area contributed by atoms with Crippen LogP contribution in [0.5, 0.6) is 0 Å². The molecule has 112 valence electrons. The van der Waals surface area contributed by atoms with E-state index >= 15 is 0 Å². The van der Waals surface area contributed by atoms with E-state index in [4.69, 9.17) is 0 Å². The number of anilines is 1. The minimum absolute atomic E-state index is 0.0396. The third-order valence-electron chi connectivity index (χ3n) is 3.17. The van der Waals surface area contributed by atoms with Gasteiger partial charge in [0.15, 0.2) is 0 Å². The number of nitrogens with zero attached hydrogens (tertiary/aromatic N) is 2. The van der Waals surface area contributed by atoms with E-state index < -0.39 is 0 Å². The lowest BCUT2D eigenvalue weighted by atomic mass is 10.2. The average Bonchev–Trinajstić information content (AvgIpc) is 2.95. The molecule has 0 atom stereocenters. The molecule has 0 radical (unpaired) electrons. The van der Waals surface area contributed by atoms with Crippen LogP contribution in [0.4, 0.5) is 5.69 Å². The number of carbonyl (C=O) groups is 1. The zero-order valence-electron chi connectivity index (χ0n) is 12.8. The van der Waals surface area contributed by atoms with Crippen molar-refractivity contribution in [3.63, 3.8) is 0 Å². The van der Waals surface area contributed by atoms with Crippen molar-refractivity contribution >= 4 is 11.6 Å². The molecule has 2 aromatic rings. The van der Waals surface area contributed by atoms with Crippen molar-refractivity contribution < 1.29 is 4.79 Å². The summed E-state index contributed by atoms with van der Waals surface area (Å²) in [5, 5.41) is 10.4. The van der Waals surface area contributed by atoms with E-state index in [1.807, 2.05) is 48.3 Å². The highest BCUT2D eigenvalue weighted by Gasteiger charge is 2.04. The van der Waals surface area contributed by atoms with Crippen LogP contribution in [-0.4, -0.2) is 22.2 Å². The van der Waals surface area contributed by atoms with Gasteiger partial charge in [-0.15, -0.1) is 0 Å². The Labute approximate surface area is 125 Å². The van der Waals surface area contributed by atoms with Crippen LogP contribution in [0.1, 0.15) is 42.7 Å². The number of amides is 1. The van der Waals surface area contributed by atoms with Crippen molar-refractivity contribution in [3.05, 3.63) is 47.8 Å². The number of aromatic nitrogens is 2. The van der Waals surface area contributed by atoms with Crippen LogP contribution in [0.15, 0.2) is 36.7 Å². The van der Waals surface area contributed by atoms with Crippen LogP contribution in [0, 0.1) is 0 Å². The molecule has 1 amide bonds. The minimum Gasteiger partial charge on any atom is -0.381 e. The molecule has 2 N–H and O–H groups in total. The maximum Gasteiger partial charge on any atom is 0.251 e. The van der Waals surface area contributed by atoms with Gasteiger partial charge in [-0.05, 0) is 45.0 Å². The quantitative estimate of drug-likeness (QED) is 0.858. The molecule has 0 aliphatic rings. The lowest BCUT2D eigenvalue weighted by molar-refractivity contribution is 0.0956. The molecule has 0 fully saturated rings. The lowest BCUT2D eigenvalue weighted by Gasteiger charge is -2.07. The van der Waals surface area contributed by atoms with Gasteiger partial charge in [-0.3, -0.25) is 9.48 Å². The van der Waals surface area contributed by atoms with Crippen molar-refractivity contribution in [2.24, 2.45) is 0 Å². The largest absolute Gasteiger partial charge is 0.381 e. The van der Waals surface area contributed by atoms with Gasteiger partial charge < -0.3 is 10.6 Å². The van der Waals surface area contributed by atoms with Crippen LogP contribution in [0.2, 0.25) is 0 Å². The minimum atomic E-state index is -0.0396. The first-order valence-corrected chi connectivity index (χ1v) is 7.25. The molecule has 21 heavy (non-hydrogen) atoms. The fourth-order valence-corrected chi connectivity index (χ4v) is 1.96. The Morgan fingerprint density at radius 1 is 1.29 bits per heavy atom. The molecule has 0 bridgehead atoms. The monoisotopic (exact) mass is 286 g/mol. The van der Waals surface area contributed by atoms with Crippen LogP contribution >= 0.6 is 0 Å². The zero-order valence-corrected chi connectivity index (χ0v) is 12.8. The van der Waals surface area contributed by atoms with E-state index in [2.05, 4.69) is 29.6 Å². The van der Waals surface area contributed by atoms with Crippen LogP contribution in [0.3, 0.4) is 0 Å². The van der Waals surface area contributed by atoms with E-state index in [1.165, 1.54) is 0 Å². The van der Waals surface area contributed by atoms with Gasteiger partial charge >= 0.3 is 0 Å². The van der Waals surface area contributed by atoms with Crippen LogP contribution in [0.25, 0.3) is 0 Å². The molecule has 1 aromatic heterocycles. The van der Waals surface area contributed by atoms with Crippen molar-refractivity contribution in [2.75, 3.05) is 11.9 Å². The summed E-state index contributed by atoms with van der Waals surface area (Å²) in [4.78, 5) is 11.7. The van der Waals surface area contributed by atoms with Gasteiger partial charge in [0, 0.05) is 42.1 Å². The maximum absolute atomic E-state index is 11.7. The first kappa shape index (κ1) is 15.1. The second-order valence-corrected chi connectivity index (χ2v) is 5.21. The topological polar surface area (TPSA) is 59.0 Å². The summed E-state index contributed by atoms with van der Waals surface area (Å²) in [5.74, 6) is -0.0396. The Kier molecular flexibility index (Phi) is 4.98. The highest BCUT2D eigenvalue weighted by Crippen LogP contribution is 2.12. The molecular weight excluding hydrogens is 264 g/mol. The Morgan fingerprint density at radius 2 is 2.00 bits per heavy atom. The maximum atomic E-state index is 11.7. The van der Waals surface area contributed by atoms with Gasteiger partial charge in [0.05, 0.1) is 6.20 Å². The van der Waals surface area contributed by atoms with Gasteiger partial charge in [-0.2, -0.15) is 5.10 Å². The Balaban J connectivity index is 1.92. The number of nitrogens with one attached hydrogen (secondary N) is 2. The molecule has 0 aliphatic heterocycles. The highest BCUT2D eigenvalue weighted by molar-refractivity contribution is 5.94. The van der Waals surface area contributed by atoms with Gasteiger partial charge in [0.1, 0.15) is 0 Å². The molecule has 5 nitrogen and oxygen atoms in total. The second kappa shape index (κ2) is 6.92. The predicted molar refractivity (Wildman–Crippen MR) is 84.4 cm³/mol. The number of hydrogen-bond donors (Lipinski definition) is 2. The first-order valence-electron chi connectivity index (χ1n) is 7.25. The molecule has 0 spiro atoms. The van der Waals surface area contributed by atoms with Gasteiger partial charge in [0.25, 0.3) is 5.91 Å². The van der Waals surface area contributed by atoms with Crippen molar-refractivity contribution in [1.82, 2.24) is 15.1 Å². The molecule has 2 rings (SSSR count). The summed E-state index contributed by atoms with van der Waals surface area (Å²) in [7, 11) is 0. The predicted octanol–water partition coefficient (Wildman–Crippen LogP) is 2.83. The lowest BCUT2D eigenvalue weighted by Crippen LogP contribution is -2.22.